The van der Waals surface area contributed by atoms with Gasteiger partial charge < -0.3 is 5.48 Å². The first kappa shape index (κ1) is 116. The highest BCUT2D eigenvalue weighted by Crippen LogP contribution is 2.69. The Morgan fingerprint density at radius 2 is 0.353 bits per heavy atom. The van der Waals surface area contributed by atoms with Gasteiger partial charge in [-0.05, 0) is 283 Å². The number of rotatable bonds is 4. The van der Waals surface area contributed by atoms with Crippen LogP contribution in [-0.2, 0) is 0 Å². The lowest BCUT2D eigenvalue weighted by atomic mass is 9.44. The van der Waals surface area contributed by atoms with Crippen LogP contribution in [0.2, 0.25) is 0 Å². The van der Waals surface area contributed by atoms with Gasteiger partial charge in [-0.15, -0.1) is 0 Å². The third kappa shape index (κ3) is 42.2. The van der Waals surface area contributed by atoms with Crippen molar-refractivity contribution in [2.45, 2.75) is 708 Å². The van der Waals surface area contributed by atoms with Crippen molar-refractivity contribution in [3.05, 3.63) is 9.93 Å². The molecule has 0 saturated heterocycles. The predicted molar refractivity (Wildman–Crippen MR) is 582 cm³/mol. The molecule has 22 saturated carbocycles. The van der Waals surface area contributed by atoms with Crippen LogP contribution < -0.4 is 0 Å². The third-order valence-corrected chi connectivity index (χ3v) is 43.9. The fourth-order valence-electron chi connectivity index (χ4n) is 34.5. The van der Waals surface area contributed by atoms with Crippen molar-refractivity contribution < 1.29 is 16.0 Å². The summed E-state index contributed by atoms with van der Waals surface area (Å²) in [7, 11) is 0. The van der Waals surface area contributed by atoms with Gasteiger partial charge in [0.05, 0.1) is 0 Å². The summed E-state index contributed by atoms with van der Waals surface area (Å²) in [5.41, 5.74) is 5.53. The van der Waals surface area contributed by atoms with Crippen molar-refractivity contribution in [2.75, 3.05) is 0 Å². The zero-order valence-corrected chi connectivity index (χ0v) is 90.7. The molecule has 0 bridgehead atoms. The third-order valence-electron chi connectivity index (χ3n) is 43.9. The lowest BCUT2D eigenvalue weighted by Crippen LogP contribution is -2.50. The molecule has 0 aromatic heterocycles. The summed E-state index contributed by atoms with van der Waals surface area (Å²) < 4.78 is 0. The minimum atomic E-state index is 0. The molecule has 4 N–H and O–H groups in total. The fourth-order valence-corrected chi connectivity index (χ4v) is 34.5. The maximum atomic E-state index is 7.00. The van der Waals surface area contributed by atoms with E-state index in [1.54, 1.807) is 270 Å². The second-order valence-electron chi connectivity index (χ2n) is 53.2. The molecule has 4 atom stereocenters. The monoisotopic (exact) mass is 1860 g/mol. The van der Waals surface area contributed by atoms with Gasteiger partial charge in [0.2, 0.25) is 0 Å². The molecule has 22 rings (SSSR count). The lowest BCUT2D eigenvalue weighted by Gasteiger charge is -2.61. The van der Waals surface area contributed by atoms with Gasteiger partial charge in [0.25, 0.3) is 0 Å². The zero-order valence-electron chi connectivity index (χ0n) is 90.7. The molecule has 3 unspecified atom stereocenters. The molecule has 5 heteroatoms. The van der Waals surface area contributed by atoms with Crippen LogP contribution in [0.3, 0.4) is 0 Å². The number of hydrogen-bond donors (Lipinski definition) is 2. The van der Waals surface area contributed by atoms with E-state index in [0.29, 0.717) is 0 Å². The Morgan fingerprint density at radius 1 is 0.158 bits per heavy atom. The van der Waals surface area contributed by atoms with E-state index in [1.165, 1.54) is 417 Å². The smallest absolute Gasteiger partial charge is 0 e. The fraction of sp³-hybridized carbons (Fsp3) is 1.00. The van der Waals surface area contributed by atoms with Gasteiger partial charge in [0.15, 0.2) is 0 Å². The quantitative estimate of drug-likeness (QED) is 0.216. The van der Waals surface area contributed by atoms with Gasteiger partial charge in [0, 0.05) is 9.93 Å². The molecule has 22 aliphatic rings. The van der Waals surface area contributed by atoms with E-state index in [4.69, 9.17) is 20.4 Å². The first-order chi connectivity index (χ1) is 65.0. The molecule has 5 nitrogen and oxygen atoms in total. The predicted octanol–water partition coefficient (Wildman–Crippen LogP) is 43.9. The minimum absolute atomic E-state index is 0. The van der Waals surface area contributed by atoms with E-state index in [0.717, 1.165) is 103 Å². The average molecular weight is 1860 g/mol. The molecule has 780 valence electrons. The molecule has 133 heavy (non-hydrogen) atoms. The van der Waals surface area contributed by atoms with E-state index >= 15 is 0 Å². The molecule has 7 spiro atoms. The van der Waals surface area contributed by atoms with Crippen LogP contribution in [0.1, 0.15) is 708 Å². The van der Waals surface area contributed by atoms with Gasteiger partial charge in [-0.3, -0.25) is 10.5 Å². The standard InChI is InChI=1S/C40H68.C17H30.C16H28.C12H22.C7H14.6C6H12.H2O2.O2.H2O/c1-31-13-16-38(17-14-31)25-28-40(36(30-38)34-11-7-4-8-12-34)26-23-37(24-27-40)19-21-39(22-20-37)18-15-32(2)35(29-39)33-9-5-3-6-10-33;1-3-8-15(9-4-1)16-10-7-13-17(14-16)11-5-2-6-12-17;1-3-7-15(8-4-1)11-13-16(14-12-15)9-5-2-6-10-16;1-3-7-11(8-4-1)12-9-5-2-6-10-12;1-7-5-3-2-4-6-7;6*1-2-4-6-5-3-1;2*1-2;/h31-36H,3-30H2,1-2H3;15-16H,1-14H2;1-14H2;11-12H,1-10H2;7H,2-6H2,1H3;6*1-6H2;1-2H;;1H2/t31?,32-,35?,36?,37?,38?,39?,40?;;;;;;;;;;;;;/m0............./s1. The van der Waals surface area contributed by atoms with Crippen LogP contribution in [0, 0.1) is 113 Å². The first-order valence-corrected chi connectivity index (χ1v) is 63.4. The average Bonchev–Trinajstić information content (AvgIpc) is 0.730. The molecule has 0 aromatic rings. The summed E-state index contributed by atoms with van der Waals surface area (Å²) in [5.74, 6) is 11.9. The van der Waals surface area contributed by atoms with E-state index in [1.807, 2.05) is 0 Å². The Labute approximate surface area is 831 Å². The summed E-state index contributed by atoms with van der Waals surface area (Å²) in [5, 5.41) is 12.0. The van der Waals surface area contributed by atoms with Crippen LogP contribution >= 0.6 is 0 Å². The van der Waals surface area contributed by atoms with Crippen molar-refractivity contribution in [1.29, 1.82) is 0 Å². The zero-order chi connectivity index (χ0) is 92.5. The summed E-state index contributed by atoms with van der Waals surface area (Å²) in [4.78, 5) is 14.0. The summed E-state index contributed by atoms with van der Waals surface area (Å²) in [6.07, 6.45) is 165. The molecule has 22 aliphatic carbocycles. The van der Waals surface area contributed by atoms with Crippen molar-refractivity contribution in [1.82, 2.24) is 0 Å². The van der Waals surface area contributed by atoms with Crippen LogP contribution in [0.5, 0.6) is 0 Å². The highest BCUT2D eigenvalue weighted by molar-refractivity contribution is 5.08. The Morgan fingerprint density at radius 3 is 0.662 bits per heavy atom. The molecule has 0 aliphatic heterocycles. The Hall–Kier alpha value is -0.520. The van der Waals surface area contributed by atoms with Gasteiger partial charge in [-0.25, -0.2) is 0 Å². The summed E-state index contributed by atoms with van der Waals surface area (Å²) in [6.45, 7) is 7.54. The van der Waals surface area contributed by atoms with Crippen molar-refractivity contribution in [2.24, 2.45) is 103 Å². The Kier molecular flexibility index (Phi) is 59.3. The SMILES string of the molecule is C1CCC(C2CCCC3(CCCCC3)C2)CC1.C1CCC(C2CCCCC2)CC1.C1CCC2(CC1)CCC1(CCCCC1)CC2.C1CCCCC1.C1CCCCC1.C1CCCCC1.C1CCCCC1.C1CCCCC1.C1CCCCC1.CC1CCC2(CC1)CCC1(CCC3(CCC4(CC[C@H](C)C(C5CCCCC5)C4)CC3)CC1)C(C1CCCCC1)C2.CC1CCCCC1.O.O=O.OO. The van der Waals surface area contributed by atoms with Crippen molar-refractivity contribution in [3.8, 4) is 0 Å². The summed E-state index contributed by atoms with van der Waals surface area (Å²) >= 11 is 0. The van der Waals surface area contributed by atoms with Gasteiger partial charge in [-0.2, -0.15) is 0 Å². The highest BCUT2D eigenvalue weighted by atomic mass is 17.0. The second-order valence-corrected chi connectivity index (χ2v) is 53.2. The Bertz CT molecular complexity index is 2440. The maximum absolute atomic E-state index is 7.00. The molecular formula is C128H238O5. The lowest BCUT2D eigenvalue weighted by molar-refractivity contribution is -0.176. The van der Waals surface area contributed by atoms with Crippen LogP contribution in [-0.4, -0.2) is 16.0 Å². The van der Waals surface area contributed by atoms with E-state index in [-0.39, 0.29) is 5.48 Å². The van der Waals surface area contributed by atoms with Gasteiger partial charge >= 0.3 is 0 Å². The largest absolute Gasteiger partial charge is 0.412 e. The van der Waals surface area contributed by atoms with E-state index < -0.39 is 0 Å². The minimum Gasteiger partial charge on any atom is -0.412 e. The second kappa shape index (κ2) is 68.0. The Balaban J connectivity index is 0.000000180. The normalized spacial score (nSPS) is 33.9. The molecule has 0 radical (unpaired) electrons. The van der Waals surface area contributed by atoms with Gasteiger partial charge in [0.1, 0.15) is 0 Å². The van der Waals surface area contributed by atoms with Crippen molar-refractivity contribution >= 4 is 0 Å². The van der Waals surface area contributed by atoms with Crippen LogP contribution in [0.25, 0.3) is 0 Å². The van der Waals surface area contributed by atoms with E-state index in [9.17, 15) is 0 Å². The number of hydrogen-bond acceptors (Lipinski definition) is 4. The molecular weight excluding hydrogens is 1620 g/mol. The van der Waals surface area contributed by atoms with E-state index in [2.05, 4.69) is 20.8 Å². The van der Waals surface area contributed by atoms with Crippen LogP contribution in [0.15, 0.2) is 0 Å². The highest BCUT2D eigenvalue weighted by Gasteiger charge is 2.57. The molecule has 0 aromatic carbocycles. The first-order valence-electron chi connectivity index (χ1n) is 63.4. The molecule has 22 fully saturated rings. The summed E-state index contributed by atoms with van der Waals surface area (Å²) in [6, 6.07) is 0. The topological polar surface area (TPSA) is 106 Å². The molecule has 0 amide bonds. The van der Waals surface area contributed by atoms with Crippen LogP contribution in [0.4, 0.5) is 0 Å². The van der Waals surface area contributed by atoms with Gasteiger partial charge in [-0.1, -0.05) is 528 Å². The molecule has 0 heterocycles. The maximum Gasteiger partial charge on any atom is 0 e. The van der Waals surface area contributed by atoms with Crippen molar-refractivity contribution in [3.63, 3.8) is 0 Å².